The maximum atomic E-state index is 12.5. The summed E-state index contributed by atoms with van der Waals surface area (Å²) in [5, 5.41) is 9.30. The molecular formula is C45H56N2O8S. The number of benzene rings is 3. The van der Waals surface area contributed by atoms with Gasteiger partial charge in [0.15, 0.2) is 0 Å². The van der Waals surface area contributed by atoms with Crippen molar-refractivity contribution in [1.82, 2.24) is 9.97 Å². The number of ether oxygens (including phenoxy) is 2. The molecule has 2 aromatic heterocycles. The molecule has 2 aliphatic carbocycles. The molecule has 2 heterocycles. The van der Waals surface area contributed by atoms with Crippen LogP contribution in [0, 0.1) is 46.5 Å². The predicted octanol–water partition coefficient (Wildman–Crippen LogP) is 9.77. The Balaban J connectivity index is 0.000000202. The SMILES string of the molecule is Cc1ccc(-c2nc(COC3CCCC(CO)C3)c(C)o2)cc1.Cc1ccc(-c2nc(COC3CCCC(COS(=O)(=O)c4ccc(C)cc4)C3)c(C)o2)cc1. The highest BCUT2D eigenvalue weighted by atomic mass is 32.2. The van der Waals surface area contributed by atoms with Gasteiger partial charge >= 0.3 is 0 Å². The van der Waals surface area contributed by atoms with Crippen molar-refractivity contribution in [3.05, 3.63) is 112 Å². The molecule has 2 aliphatic rings. The Bertz CT molecular complexity index is 2090. The molecular weight excluding hydrogens is 729 g/mol. The Morgan fingerprint density at radius 3 is 1.52 bits per heavy atom. The lowest BCUT2D eigenvalue weighted by atomic mass is 9.88. The minimum absolute atomic E-state index is 0.0494. The van der Waals surface area contributed by atoms with E-state index in [0.717, 1.165) is 91.0 Å². The van der Waals surface area contributed by atoms with E-state index in [1.807, 2.05) is 64.1 Å². The number of hydrogen-bond acceptors (Lipinski definition) is 10. The molecule has 3 aromatic carbocycles. The van der Waals surface area contributed by atoms with Crippen molar-refractivity contribution in [2.24, 2.45) is 11.8 Å². The minimum atomic E-state index is -3.74. The molecule has 300 valence electrons. The van der Waals surface area contributed by atoms with Gasteiger partial charge in [0.2, 0.25) is 11.8 Å². The van der Waals surface area contributed by atoms with E-state index in [2.05, 4.69) is 29.0 Å². The number of hydrogen-bond donors (Lipinski definition) is 1. The van der Waals surface area contributed by atoms with Crippen molar-refractivity contribution in [3.63, 3.8) is 0 Å². The van der Waals surface area contributed by atoms with Crippen molar-refractivity contribution < 1.29 is 36.0 Å². The fraction of sp³-hybridized carbons (Fsp3) is 0.467. The van der Waals surface area contributed by atoms with Crippen LogP contribution >= 0.6 is 0 Å². The van der Waals surface area contributed by atoms with Crippen molar-refractivity contribution in [1.29, 1.82) is 0 Å². The Kier molecular flexibility index (Phi) is 14.3. The first-order valence-corrected chi connectivity index (χ1v) is 21.2. The first-order valence-electron chi connectivity index (χ1n) is 19.8. The molecule has 4 atom stereocenters. The third kappa shape index (κ3) is 11.5. The molecule has 0 radical (unpaired) electrons. The van der Waals surface area contributed by atoms with Gasteiger partial charge in [0.25, 0.3) is 10.1 Å². The van der Waals surface area contributed by atoms with Gasteiger partial charge in [-0.25, -0.2) is 9.97 Å². The number of aliphatic hydroxyl groups is 1. The fourth-order valence-electron chi connectivity index (χ4n) is 7.22. The quantitative estimate of drug-likeness (QED) is 0.115. The van der Waals surface area contributed by atoms with Crippen LogP contribution in [0.4, 0.5) is 0 Å². The molecule has 7 rings (SSSR count). The lowest BCUT2D eigenvalue weighted by Crippen LogP contribution is -2.26. The van der Waals surface area contributed by atoms with Crippen LogP contribution in [0.2, 0.25) is 0 Å². The zero-order valence-corrected chi connectivity index (χ0v) is 34.1. The van der Waals surface area contributed by atoms with E-state index in [9.17, 15) is 13.5 Å². The first-order chi connectivity index (χ1) is 26.9. The standard InChI is InChI=1S/C26H31NO5S.C19H25NO3/c1-18-7-11-22(12-8-18)26-27-25(20(3)32-26)17-30-23-6-4-5-21(15-23)16-31-33(28,29)24-13-9-19(2)10-14-24;1-13-6-8-16(9-7-13)19-20-18(14(2)23-19)12-22-17-5-3-4-15(10-17)11-21/h7-14,21,23H,4-6,15-17H2,1-3H3;6-9,15,17,21H,3-5,10-12H2,1-2H3. The average molecular weight is 785 g/mol. The van der Waals surface area contributed by atoms with Gasteiger partial charge in [-0.15, -0.1) is 0 Å². The maximum absolute atomic E-state index is 12.5. The predicted molar refractivity (Wildman–Crippen MR) is 215 cm³/mol. The first kappa shape index (κ1) is 41.5. The number of nitrogens with zero attached hydrogens (tertiary/aromatic N) is 2. The summed E-state index contributed by atoms with van der Waals surface area (Å²) in [6, 6.07) is 23.0. The zero-order valence-electron chi connectivity index (χ0n) is 33.3. The van der Waals surface area contributed by atoms with Gasteiger partial charge in [-0.1, -0.05) is 65.9 Å². The van der Waals surface area contributed by atoms with Crippen molar-refractivity contribution in [2.75, 3.05) is 13.2 Å². The normalized spacial score (nSPS) is 20.0. The van der Waals surface area contributed by atoms with Gasteiger partial charge in [0, 0.05) is 17.7 Å². The third-order valence-corrected chi connectivity index (χ3v) is 12.1. The molecule has 56 heavy (non-hydrogen) atoms. The molecule has 11 heteroatoms. The summed E-state index contributed by atoms with van der Waals surface area (Å²) in [5.41, 5.74) is 7.01. The molecule has 2 saturated carbocycles. The summed E-state index contributed by atoms with van der Waals surface area (Å²) in [5.74, 6) is 3.35. The Hall–Kier alpha value is -4.13. The Morgan fingerprint density at radius 1 is 0.625 bits per heavy atom. The molecule has 4 unspecified atom stereocenters. The number of aryl methyl sites for hydroxylation is 5. The van der Waals surface area contributed by atoms with E-state index in [1.165, 1.54) is 11.1 Å². The Morgan fingerprint density at radius 2 is 1.05 bits per heavy atom. The van der Waals surface area contributed by atoms with Crippen LogP contribution in [0.15, 0.2) is 86.5 Å². The fourth-order valence-corrected chi connectivity index (χ4v) is 8.20. The summed E-state index contributed by atoms with van der Waals surface area (Å²) in [6.07, 6.45) is 8.15. The van der Waals surface area contributed by atoms with E-state index in [4.69, 9.17) is 22.5 Å². The van der Waals surface area contributed by atoms with Gasteiger partial charge in [-0.3, -0.25) is 4.18 Å². The van der Waals surface area contributed by atoms with Gasteiger partial charge in [0.05, 0.1) is 36.9 Å². The summed E-state index contributed by atoms with van der Waals surface area (Å²) < 4.78 is 54.1. The topological polar surface area (TPSA) is 134 Å². The number of rotatable bonds is 13. The van der Waals surface area contributed by atoms with Gasteiger partial charge in [-0.2, -0.15) is 8.42 Å². The summed E-state index contributed by atoms with van der Waals surface area (Å²) in [4.78, 5) is 9.41. The highest BCUT2D eigenvalue weighted by Crippen LogP contribution is 2.31. The lowest BCUT2D eigenvalue weighted by molar-refractivity contribution is -0.00772. The molecule has 0 aliphatic heterocycles. The van der Waals surface area contributed by atoms with Crippen LogP contribution in [0.25, 0.3) is 22.9 Å². The smallest absolute Gasteiger partial charge is 0.296 e. The van der Waals surface area contributed by atoms with E-state index in [-0.39, 0.29) is 36.2 Å². The second kappa shape index (κ2) is 19.3. The Labute approximate surface area is 331 Å². The van der Waals surface area contributed by atoms with Crippen molar-refractivity contribution >= 4 is 10.1 Å². The van der Waals surface area contributed by atoms with Gasteiger partial charge in [-0.05, 0) is 121 Å². The highest BCUT2D eigenvalue weighted by Gasteiger charge is 2.27. The van der Waals surface area contributed by atoms with Crippen LogP contribution in [-0.4, -0.2) is 48.9 Å². The minimum Gasteiger partial charge on any atom is -0.441 e. The van der Waals surface area contributed by atoms with Gasteiger partial charge < -0.3 is 23.4 Å². The van der Waals surface area contributed by atoms with Crippen molar-refractivity contribution in [3.8, 4) is 22.9 Å². The molecule has 0 saturated heterocycles. The zero-order chi connectivity index (χ0) is 39.7. The second-order valence-electron chi connectivity index (χ2n) is 15.4. The number of aliphatic hydroxyl groups excluding tert-OH is 1. The van der Waals surface area contributed by atoms with Gasteiger partial charge in [0.1, 0.15) is 22.9 Å². The molecule has 2 fully saturated rings. The van der Waals surface area contributed by atoms with E-state index >= 15 is 0 Å². The molecule has 5 aromatic rings. The summed E-state index contributed by atoms with van der Waals surface area (Å²) >= 11 is 0. The van der Waals surface area contributed by atoms with E-state index < -0.39 is 10.1 Å². The highest BCUT2D eigenvalue weighted by molar-refractivity contribution is 7.86. The second-order valence-corrected chi connectivity index (χ2v) is 17.1. The molecule has 0 spiro atoms. The molecule has 1 N–H and O–H groups in total. The van der Waals surface area contributed by atoms with Crippen LogP contribution < -0.4 is 0 Å². The molecule has 0 amide bonds. The maximum Gasteiger partial charge on any atom is 0.296 e. The summed E-state index contributed by atoms with van der Waals surface area (Å²) in [6.45, 7) is 11.2. The summed E-state index contributed by atoms with van der Waals surface area (Å²) in [7, 11) is -3.74. The number of aromatic nitrogens is 2. The molecule has 0 bridgehead atoms. The average Bonchev–Trinajstić information content (AvgIpc) is 3.77. The van der Waals surface area contributed by atoms with E-state index in [0.29, 0.717) is 30.9 Å². The van der Waals surface area contributed by atoms with Crippen LogP contribution in [0.1, 0.15) is 91.0 Å². The lowest BCUT2D eigenvalue weighted by Gasteiger charge is -2.28. The van der Waals surface area contributed by atoms with Crippen LogP contribution in [0.3, 0.4) is 0 Å². The van der Waals surface area contributed by atoms with E-state index in [1.54, 1.807) is 24.3 Å². The monoisotopic (exact) mass is 784 g/mol. The number of oxazole rings is 2. The van der Waals surface area contributed by atoms with Crippen LogP contribution in [-0.2, 0) is 37.0 Å². The third-order valence-electron chi connectivity index (χ3n) is 10.8. The largest absolute Gasteiger partial charge is 0.441 e. The van der Waals surface area contributed by atoms with Crippen molar-refractivity contribution in [2.45, 2.75) is 116 Å². The van der Waals surface area contributed by atoms with Crippen LogP contribution in [0.5, 0.6) is 0 Å². The molecule has 10 nitrogen and oxygen atoms in total.